The number of carbonyl (C=O) groups excluding carboxylic acids is 1. The van der Waals surface area contributed by atoms with Gasteiger partial charge in [0.25, 0.3) is 5.91 Å². The van der Waals surface area contributed by atoms with E-state index >= 15 is 0 Å². The summed E-state index contributed by atoms with van der Waals surface area (Å²) >= 11 is 5.84. The number of amides is 1. The fourth-order valence-electron chi connectivity index (χ4n) is 3.13. The van der Waals surface area contributed by atoms with Gasteiger partial charge in [0, 0.05) is 28.6 Å². The molecule has 5 nitrogen and oxygen atoms in total. The van der Waals surface area contributed by atoms with E-state index in [9.17, 15) is 9.18 Å². The number of hydrogen-bond acceptors (Lipinski definition) is 3. The number of pyridine rings is 1. The lowest BCUT2D eigenvalue weighted by Gasteiger charge is -2.10. The van der Waals surface area contributed by atoms with Gasteiger partial charge in [0.1, 0.15) is 17.5 Å². The number of nitrogens with two attached hydrogens (primary N) is 1. The van der Waals surface area contributed by atoms with Gasteiger partial charge in [-0.2, -0.15) is 0 Å². The first-order chi connectivity index (χ1) is 13.4. The Morgan fingerprint density at radius 2 is 1.89 bits per heavy atom. The highest BCUT2D eigenvalue weighted by molar-refractivity contribution is 6.30. The lowest BCUT2D eigenvalue weighted by Crippen LogP contribution is -2.13. The highest BCUT2D eigenvalue weighted by Gasteiger charge is 2.15. The van der Waals surface area contributed by atoms with Gasteiger partial charge in [-0.05, 0) is 54.6 Å². The van der Waals surface area contributed by atoms with Crippen molar-refractivity contribution in [3.63, 3.8) is 0 Å². The van der Waals surface area contributed by atoms with E-state index in [1.54, 1.807) is 48.5 Å². The van der Waals surface area contributed by atoms with Gasteiger partial charge in [0.15, 0.2) is 0 Å². The number of nitrogens with one attached hydrogen (secondary N) is 1. The van der Waals surface area contributed by atoms with E-state index in [-0.39, 0.29) is 17.5 Å². The topological polar surface area (TPSA) is 72.9 Å². The van der Waals surface area contributed by atoms with Crippen molar-refractivity contribution in [2.45, 2.75) is 0 Å². The van der Waals surface area contributed by atoms with Crippen LogP contribution in [0.3, 0.4) is 0 Å². The van der Waals surface area contributed by atoms with Crippen LogP contribution in [0.15, 0.2) is 60.7 Å². The maximum Gasteiger partial charge on any atom is 0.256 e. The summed E-state index contributed by atoms with van der Waals surface area (Å²) in [5.74, 6) is -0.0490. The number of nitrogens with zero attached hydrogens (tertiary/aromatic N) is 2. The van der Waals surface area contributed by atoms with E-state index < -0.39 is 0 Å². The summed E-state index contributed by atoms with van der Waals surface area (Å²) in [5.41, 5.74) is 8.74. The van der Waals surface area contributed by atoms with Crippen LogP contribution in [0, 0.1) is 5.82 Å². The number of aromatic nitrogens is 2. The Kier molecular flexibility index (Phi) is 4.49. The van der Waals surface area contributed by atoms with Crippen LogP contribution in [0.2, 0.25) is 5.02 Å². The van der Waals surface area contributed by atoms with E-state index in [1.165, 1.54) is 6.07 Å². The van der Waals surface area contributed by atoms with Gasteiger partial charge in [-0.25, -0.2) is 9.37 Å². The number of carbonyl (C=O) groups is 1. The molecule has 0 aliphatic carbocycles. The molecule has 2 heterocycles. The van der Waals surface area contributed by atoms with Crippen molar-refractivity contribution in [2.24, 2.45) is 7.05 Å². The average molecular weight is 395 g/mol. The monoisotopic (exact) mass is 394 g/mol. The molecular formula is C21H16ClFN4O. The van der Waals surface area contributed by atoms with E-state index in [0.717, 1.165) is 11.2 Å². The Bertz CT molecular complexity index is 1200. The molecule has 3 N–H and O–H groups in total. The number of anilines is 2. The third-order valence-electron chi connectivity index (χ3n) is 4.58. The molecule has 2 aromatic heterocycles. The summed E-state index contributed by atoms with van der Waals surface area (Å²) in [5, 5.41) is 3.77. The molecule has 0 spiro atoms. The quantitative estimate of drug-likeness (QED) is 0.520. The van der Waals surface area contributed by atoms with Crippen LogP contribution < -0.4 is 11.1 Å². The van der Waals surface area contributed by atoms with Gasteiger partial charge in [-0.3, -0.25) is 4.79 Å². The Balaban J connectivity index is 1.65. The second-order valence-electron chi connectivity index (χ2n) is 6.35. The van der Waals surface area contributed by atoms with Crippen LogP contribution in [-0.4, -0.2) is 15.5 Å². The molecule has 7 heteroatoms. The van der Waals surface area contributed by atoms with Gasteiger partial charge in [0.05, 0.1) is 11.2 Å². The molecule has 0 unspecified atom stereocenters. The number of aryl methyl sites for hydroxylation is 1. The standard InChI is InChI=1S/C21H16ClFN4O/c1-27-17-4-2-3-16(23)15(17)11-18(27)14-9-10-19(25-20(14)24)26-21(28)12-5-7-13(22)8-6-12/h2-11H,1H3,(H3,24,25,26,28). The largest absolute Gasteiger partial charge is 0.383 e. The maximum atomic E-state index is 14.1. The molecule has 0 fully saturated rings. The predicted molar refractivity (Wildman–Crippen MR) is 110 cm³/mol. The van der Waals surface area contributed by atoms with Gasteiger partial charge in [0.2, 0.25) is 0 Å². The molecule has 0 atom stereocenters. The van der Waals surface area contributed by atoms with Crippen LogP contribution in [0.5, 0.6) is 0 Å². The highest BCUT2D eigenvalue weighted by atomic mass is 35.5. The van der Waals surface area contributed by atoms with Crippen LogP contribution in [0.4, 0.5) is 16.0 Å². The molecule has 4 rings (SSSR count). The molecular weight excluding hydrogens is 379 g/mol. The lowest BCUT2D eigenvalue weighted by molar-refractivity contribution is 0.102. The molecule has 0 aliphatic heterocycles. The first-order valence-corrected chi connectivity index (χ1v) is 8.89. The molecule has 28 heavy (non-hydrogen) atoms. The summed E-state index contributed by atoms with van der Waals surface area (Å²) in [6, 6.07) is 16.6. The SMILES string of the molecule is Cn1c(-c2ccc(NC(=O)c3ccc(Cl)cc3)nc2N)cc2c(F)cccc21. The molecule has 0 bridgehead atoms. The van der Waals surface area contributed by atoms with E-state index in [1.807, 2.05) is 17.7 Å². The molecule has 2 aromatic carbocycles. The highest BCUT2D eigenvalue weighted by Crippen LogP contribution is 2.32. The zero-order chi connectivity index (χ0) is 19.8. The smallest absolute Gasteiger partial charge is 0.256 e. The Hall–Kier alpha value is -3.38. The maximum absolute atomic E-state index is 14.1. The number of halogens is 2. The number of nitrogen functional groups attached to an aromatic ring is 1. The van der Waals surface area contributed by atoms with Gasteiger partial charge < -0.3 is 15.6 Å². The average Bonchev–Trinajstić information content (AvgIpc) is 3.00. The third kappa shape index (κ3) is 3.18. The minimum Gasteiger partial charge on any atom is -0.383 e. The summed E-state index contributed by atoms with van der Waals surface area (Å²) in [6.07, 6.45) is 0. The predicted octanol–water partition coefficient (Wildman–Crippen LogP) is 4.87. The van der Waals surface area contributed by atoms with E-state index in [0.29, 0.717) is 27.4 Å². The molecule has 0 aliphatic rings. The van der Waals surface area contributed by atoms with Crippen LogP contribution in [-0.2, 0) is 7.05 Å². The number of benzene rings is 2. The first kappa shape index (κ1) is 18.0. The molecule has 0 saturated heterocycles. The second-order valence-corrected chi connectivity index (χ2v) is 6.79. The fourth-order valence-corrected chi connectivity index (χ4v) is 3.26. The second kappa shape index (κ2) is 6.98. The first-order valence-electron chi connectivity index (χ1n) is 8.52. The van der Waals surface area contributed by atoms with E-state index in [4.69, 9.17) is 17.3 Å². The fraction of sp³-hybridized carbons (Fsp3) is 0.0476. The number of rotatable bonds is 3. The molecule has 140 valence electrons. The number of hydrogen-bond donors (Lipinski definition) is 2. The molecule has 4 aromatic rings. The zero-order valence-corrected chi connectivity index (χ0v) is 15.7. The van der Waals surface area contributed by atoms with Crippen molar-refractivity contribution in [1.82, 2.24) is 9.55 Å². The van der Waals surface area contributed by atoms with Crippen LogP contribution in [0.25, 0.3) is 22.2 Å². The summed E-state index contributed by atoms with van der Waals surface area (Å²) in [6.45, 7) is 0. The van der Waals surface area contributed by atoms with Crippen molar-refractivity contribution >= 4 is 40.0 Å². The number of fused-ring (bicyclic) bond motifs is 1. The Morgan fingerprint density at radius 1 is 1.14 bits per heavy atom. The van der Waals surface area contributed by atoms with Crippen molar-refractivity contribution in [1.29, 1.82) is 0 Å². The van der Waals surface area contributed by atoms with Gasteiger partial charge in [-0.1, -0.05) is 17.7 Å². The van der Waals surface area contributed by atoms with Crippen molar-refractivity contribution in [2.75, 3.05) is 11.1 Å². The molecule has 1 amide bonds. The zero-order valence-electron chi connectivity index (χ0n) is 14.9. The minimum atomic E-state index is -0.317. The van der Waals surface area contributed by atoms with Crippen molar-refractivity contribution < 1.29 is 9.18 Å². The summed E-state index contributed by atoms with van der Waals surface area (Å²) < 4.78 is 15.9. The van der Waals surface area contributed by atoms with E-state index in [2.05, 4.69) is 10.3 Å². The summed E-state index contributed by atoms with van der Waals surface area (Å²) in [7, 11) is 1.84. The third-order valence-corrected chi connectivity index (χ3v) is 4.83. The minimum absolute atomic E-state index is 0.236. The van der Waals surface area contributed by atoms with Crippen LogP contribution >= 0.6 is 11.6 Å². The van der Waals surface area contributed by atoms with Crippen LogP contribution in [0.1, 0.15) is 10.4 Å². The lowest BCUT2D eigenvalue weighted by atomic mass is 10.1. The van der Waals surface area contributed by atoms with Gasteiger partial charge >= 0.3 is 0 Å². The Morgan fingerprint density at radius 3 is 2.57 bits per heavy atom. The van der Waals surface area contributed by atoms with Gasteiger partial charge in [-0.15, -0.1) is 0 Å². The normalized spacial score (nSPS) is 11.0. The molecule has 0 saturated carbocycles. The molecule has 0 radical (unpaired) electrons. The van der Waals surface area contributed by atoms with Crippen molar-refractivity contribution in [3.05, 3.63) is 77.1 Å². The summed E-state index contributed by atoms with van der Waals surface area (Å²) in [4.78, 5) is 16.6. The van der Waals surface area contributed by atoms with Crippen molar-refractivity contribution in [3.8, 4) is 11.3 Å². The Labute approximate surface area is 165 Å².